The van der Waals surface area contributed by atoms with E-state index >= 15 is 0 Å². The maximum atomic E-state index is 13.4. The van der Waals surface area contributed by atoms with Crippen molar-refractivity contribution < 1.29 is 14.3 Å². The number of halogens is 1. The summed E-state index contributed by atoms with van der Waals surface area (Å²) in [6.07, 6.45) is 4.04. The Labute approximate surface area is 226 Å². The number of carbonyl (C=O) groups excluding carboxylic acids is 1. The number of benzene rings is 3. The minimum absolute atomic E-state index is 0.357. The summed E-state index contributed by atoms with van der Waals surface area (Å²) in [4.78, 5) is 18.7. The number of nitrogens with one attached hydrogen (secondary N) is 1. The number of fused-ring (bicyclic) bond motifs is 3. The van der Waals surface area contributed by atoms with E-state index in [0.717, 1.165) is 39.9 Å². The first kappa shape index (κ1) is 25.5. The summed E-state index contributed by atoms with van der Waals surface area (Å²) in [5, 5.41) is 3.27. The largest absolute Gasteiger partial charge is 0.494 e. The molecule has 5 N–H and O–H groups in total. The van der Waals surface area contributed by atoms with Gasteiger partial charge in [-0.2, -0.15) is 0 Å². The van der Waals surface area contributed by atoms with Crippen molar-refractivity contribution in [3.8, 4) is 11.5 Å². The van der Waals surface area contributed by atoms with Gasteiger partial charge in [0.15, 0.2) is 0 Å². The van der Waals surface area contributed by atoms with Gasteiger partial charge in [-0.3, -0.25) is 4.90 Å². The highest BCUT2D eigenvalue weighted by molar-refractivity contribution is 6.31. The van der Waals surface area contributed by atoms with Gasteiger partial charge >= 0.3 is 6.09 Å². The molecule has 1 unspecified atom stereocenters. The van der Waals surface area contributed by atoms with E-state index in [-0.39, 0.29) is 6.04 Å². The number of H-pyrrole nitrogens is 1. The van der Waals surface area contributed by atoms with Crippen LogP contribution >= 0.6 is 11.6 Å². The van der Waals surface area contributed by atoms with Crippen molar-refractivity contribution in [3.05, 3.63) is 107 Å². The molecule has 3 aromatic carbocycles. The molecule has 1 aliphatic rings. The van der Waals surface area contributed by atoms with Crippen LogP contribution in [0.3, 0.4) is 0 Å². The lowest BCUT2D eigenvalue weighted by Crippen LogP contribution is -2.42. The zero-order chi connectivity index (χ0) is 26.5. The summed E-state index contributed by atoms with van der Waals surface area (Å²) in [7, 11) is 0. The van der Waals surface area contributed by atoms with Gasteiger partial charge in [-0.15, -0.1) is 0 Å². The molecule has 0 aliphatic carbocycles. The molecule has 0 saturated heterocycles. The Bertz CT molecular complexity index is 1420. The Morgan fingerprint density at radius 2 is 1.89 bits per heavy atom. The molecule has 5 rings (SSSR count). The minimum Gasteiger partial charge on any atom is -0.494 e. The van der Waals surface area contributed by atoms with Gasteiger partial charge in [0, 0.05) is 53.5 Å². The van der Waals surface area contributed by atoms with Crippen LogP contribution < -0.4 is 21.1 Å². The molecule has 0 spiro atoms. The fraction of sp³-hybridized carbons (Fsp3) is 0.207. The molecule has 1 aliphatic heterocycles. The van der Waals surface area contributed by atoms with Crippen LogP contribution in [0.2, 0.25) is 5.02 Å². The van der Waals surface area contributed by atoms with E-state index in [0.29, 0.717) is 36.9 Å². The summed E-state index contributed by atoms with van der Waals surface area (Å²) < 4.78 is 11.6. The van der Waals surface area contributed by atoms with Gasteiger partial charge in [-0.25, -0.2) is 10.6 Å². The average molecular weight is 532 g/mol. The molecule has 0 radical (unpaired) electrons. The quantitative estimate of drug-likeness (QED) is 0.161. The summed E-state index contributed by atoms with van der Waals surface area (Å²) in [5.41, 5.74) is 9.41. The lowest BCUT2D eigenvalue weighted by atomic mass is 9.92. The Morgan fingerprint density at radius 1 is 1.11 bits per heavy atom. The first-order valence-corrected chi connectivity index (χ1v) is 12.9. The third-order valence-electron chi connectivity index (χ3n) is 6.57. The fourth-order valence-electron chi connectivity index (χ4n) is 4.82. The second-order valence-electron chi connectivity index (χ2n) is 9.08. The molecule has 1 atom stereocenters. The molecular weight excluding hydrogens is 502 g/mol. The smallest absolute Gasteiger partial charge is 0.416 e. The molecule has 1 amide bonds. The molecule has 38 heavy (non-hydrogen) atoms. The maximum Gasteiger partial charge on any atom is 0.416 e. The summed E-state index contributed by atoms with van der Waals surface area (Å²) in [6, 6.07) is 22.4. The summed E-state index contributed by atoms with van der Waals surface area (Å²) in [5.74, 6) is 7.03. The van der Waals surface area contributed by atoms with Crippen LogP contribution in [0, 0.1) is 0 Å². The average Bonchev–Trinajstić information content (AvgIpc) is 3.29. The Morgan fingerprint density at radius 3 is 2.66 bits per heavy atom. The van der Waals surface area contributed by atoms with Gasteiger partial charge in [-0.1, -0.05) is 41.9 Å². The van der Waals surface area contributed by atoms with Crippen molar-refractivity contribution in [2.24, 2.45) is 11.6 Å². The van der Waals surface area contributed by atoms with Gasteiger partial charge in [0.1, 0.15) is 17.5 Å². The van der Waals surface area contributed by atoms with E-state index in [4.69, 9.17) is 32.7 Å². The van der Waals surface area contributed by atoms with E-state index in [9.17, 15) is 4.79 Å². The van der Waals surface area contributed by atoms with Gasteiger partial charge in [0.25, 0.3) is 0 Å². The molecule has 0 fully saturated rings. The van der Waals surface area contributed by atoms with E-state index in [2.05, 4.69) is 4.98 Å². The number of carbonyl (C=O) groups is 1. The number of amides is 1. The highest BCUT2D eigenvalue weighted by Crippen LogP contribution is 2.40. The molecule has 9 heteroatoms. The lowest BCUT2D eigenvalue weighted by molar-refractivity contribution is 0.135. The van der Waals surface area contributed by atoms with Crippen LogP contribution in [0.1, 0.15) is 29.3 Å². The van der Waals surface area contributed by atoms with E-state index in [1.807, 2.05) is 60.7 Å². The van der Waals surface area contributed by atoms with E-state index in [1.54, 1.807) is 23.2 Å². The Kier molecular flexibility index (Phi) is 7.72. The maximum absolute atomic E-state index is 13.4. The number of hydrazine groups is 1. The lowest BCUT2D eigenvalue weighted by Gasteiger charge is -2.35. The molecule has 2 heterocycles. The van der Waals surface area contributed by atoms with Gasteiger partial charge in [0.05, 0.1) is 6.61 Å². The van der Waals surface area contributed by atoms with E-state index in [1.165, 1.54) is 11.2 Å². The first-order chi connectivity index (χ1) is 18.5. The zero-order valence-electron chi connectivity index (χ0n) is 20.8. The van der Waals surface area contributed by atoms with Crippen molar-refractivity contribution in [2.45, 2.75) is 18.9 Å². The second kappa shape index (κ2) is 11.5. The standard InChI is InChI=1S/C29H30ClN5O3/c30-21-9-12-26-25(19-21)24-13-16-35(29(36)38-23-5-2-1-3-6-23)28(27(24)33-26)20-7-10-22(11-8-20)37-18-4-15-34(32)17-14-31/h1-3,5-12,14,17,19,28,33H,4,13,15-16,18,31-32H2/b17-14-. The number of nitrogens with two attached hydrogens (primary N) is 2. The number of aromatic amines is 1. The number of hydrogen-bond acceptors (Lipinski definition) is 6. The van der Waals surface area contributed by atoms with Gasteiger partial charge in [0.2, 0.25) is 0 Å². The molecule has 4 aromatic rings. The van der Waals surface area contributed by atoms with Crippen molar-refractivity contribution in [2.75, 3.05) is 19.7 Å². The SMILES string of the molecule is N/C=C\N(N)CCCOc1ccc(C2c3[nH]c4ccc(Cl)cc4c3CCN2C(=O)Oc2ccccc2)cc1. The second-order valence-corrected chi connectivity index (χ2v) is 9.52. The Balaban J connectivity index is 1.40. The first-order valence-electron chi connectivity index (χ1n) is 12.5. The van der Waals surface area contributed by atoms with Gasteiger partial charge in [-0.05, 0) is 60.0 Å². The monoisotopic (exact) mass is 531 g/mol. The van der Waals surface area contributed by atoms with Crippen LogP contribution in [0.25, 0.3) is 10.9 Å². The van der Waals surface area contributed by atoms with Crippen LogP contribution in [0.5, 0.6) is 11.5 Å². The third-order valence-corrected chi connectivity index (χ3v) is 6.81. The van der Waals surface area contributed by atoms with Crippen molar-refractivity contribution >= 4 is 28.6 Å². The minimum atomic E-state index is -0.401. The highest BCUT2D eigenvalue weighted by Gasteiger charge is 2.35. The van der Waals surface area contributed by atoms with Crippen molar-refractivity contribution in [3.63, 3.8) is 0 Å². The molecule has 196 valence electrons. The fourth-order valence-corrected chi connectivity index (χ4v) is 4.99. The topological polar surface area (TPSA) is 110 Å². The molecule has 0 saturated carbocycles. The van der Waals surface area contributed by atoms with Crippen LogP contribution in [0.15, 0.2) is 85.2 Å². The number of rotatable bonds is 8. The van der Waals surface area contributed by atoms with Gasteiger partial charge < -0.3 is 25.2 Å². The molecule has 1 aromatic heterocycles. The predicted octanol–water partition coefficient (Wildman–Crippen LogP) is 5.34. The zero-order valence-corrected chi connectivity index (χ0v) is 21.6. The number of para-hydroxylation sites is 1. The summed E-state index contributed by atoms with van der Waals surface area (Å²) >= 11 is 6.31. The van der Waals surface area contributed by atoms with Crippen molar-refractivity contribution in [1.29, 1.82) is 0 Å². The third kappa shape index (κ3) is 5.56. The molecule has 0 bridgehead atoms. The predicted molar refractivity (Wildman–Crippen MR) is 149 cm³/mol. The normalized spacial score (nSPS) is 15.0. The van der Waals surface area contributed by atoms with Crippen molar-refractivity contribution in [1.82, 2.24) is 14.9 Å². The number of nitrogens with zero attached hydrogens (tertiary/aromatic N) is 2. The summed E-state index contributed by atoms with van der Waals surface area (Å²) in [6.45, 7) is 1.64. The van der Waals surface area contributed by atoms with Crippen LogP contribution in [0.4, 0.5) is 4.79 Å². The molecular formula is C29H30ClN5O3. The van der Waals surface area contributed by atoms with E-state index < -0.39 is 6.09 Å². The highest BCUT2D eigenvalue weighted by atomic mass is 35.5. The number of aromatic nitrogens is 1. The number of ether oxygens (including phenoxy) is 2. The number of hydrogen-bond donors (Lipinski definition) is 3. The van der Waals surface area contributed by atoms with Crippen LogP contribution in [-0.4, -0.2) is 40.7 Å². The Hall–Kier alpha value is -4.14. The van der Waals surface area contributed by atoms with Crippen LogP contribution in [-0.2, 0) is 6.42 Å². The molecule has 8 nitrogen and oxygen atoms in total.